The minimum Gasteiger partial charge on any atom is -0.483 e. The highest BCUT2D eigenvalue weighted by atomic mass is 35.5. The lowest BCUT2D eigenvalue weighted by Gasteiger charge is -2.23. The summed E-state index contributed by atoms with van der Waals surface area (Å²) in [6.07, 6.45) is 0. The van der Waals surface area contributed by atoms with Crippen LogP contribution in [0.2, 0.25) is 10.0 Å². The fourth-order valence-corrected chi connectivity index (χ4v) is 4.60. The van der Waals surface area contributed by atoms with Crippen molar-refractivity contribution in [2.75, 3.05) is 11.9 Å². The van der Waals surface area contributed by atoms with E-state index in [0.29, 0.717) is 20.8 Å². The summed E-state index contributed by atoms with van der Waals surface area (Å²) in [5, 5.41) is 10.1. The highest BCUT2D eigenvalue weighted by Crippen LogP contribution is 2.34. The SMILES string of the molecule is Cc1ccc(OCC(=O)Nc2nc3scc(-c4ccc(Cl)cc4Cl)n3n2)c(C(C)(C)C)c1. The molecule has 4 aromatic rings. The molecule has 166 valence electrons. The van der Waals surface area contributed by atoms with Crippen molar-refractivity contribution in [1.82, 2.24) is 14.6 Å². The van der Waals surface area contributed by atoms with E-state index in [0.717, 1.165) is 22.4 Å². The van der Waals surface area contributed by atoms with Crippen molar-refractivity contribution in [2.24, 2.45) is 0 Å². The first-order chi connectivity index (χ1) is 15.1. The fraction of sp³-hybridized carbons (Fsp3) is 0.261. The molecule has 2 heterocycles. The van der Waals surface area contributed by atoms with E-state index >= 15 is 0 Å². The zero-order valence-electron chi connectivity index (χ0n) is 18.1. The second-order valence-electron chi connectivity index (χ2n) is 8.46. The molecular weight excluding hydrogens is 467 g/mol. The Labute approximate surface area is 200 Å². The maximum atomic E-state index is 12.5. The number of aryl methyl sites for hydroxylation is 1. The summed E-state index contributed by atoms with van der Waals surface area (Å²) in [6, 6.07) is 11.2. The molecule has 0 aliphatic carbocycles. The van der Waals surface area contributed by atoms with Crippen LogP contribution >= 0.6 is 34.5 Å². The number of ether oxygens (including phenoxy) is 1. The van der Waals surface area contributed by atoms with Crippen LogP contribution in [0.3, 0.4) is 0 Å². The van der Waals surface area contributed by atoms with E-state index in [4.69, 9.17) is 27.9 Å². The first kappa shape index (κ1) is 22.6. The Bertz CT molecular complexity index is 1310. The minimum absolute atomic E-state index is 0.104. The van der Waals surface area contributed by atoms with E-state index < -0.39 is 0 Å². The van der Waals surface area contributed by atoms with E-state index in [2.05, 4.69) is 42.2 Å². The Kier molecular flexibility index (Phi) is 6.16. The third-order valence-corrected chi connectivity index (χ3v) is 6.21. The van der Waals surface area contributed by atoms with E-state index in [-0.39, 0.29) is 23.9 Å². The molecule has 0 bridgehead atoms. The van der Waals surface area contributed by atoms with Gasteiger partial charge in [0.15, 0.2) is 6.61 Å². The number of amides is 1. The van der Waals surface area contributed by atoms with Gasteiger partial charge in [0.2, 0.25) is 4.96 Å². The van der Waals surface area contributed by atoms with Crippen molar-refractivity contribution < 1.29 is 9.53 Å². The summed E-state index contributed by atoms with van der Waals surface area (Å²) >= 11 is 13.7. The van der Waals surface area contributed by atoms with Crippen LogP contribution in [0.15, 0.2) is 41.8 Å². The quantitative estimate of drug-likeness (QED) is 0.353. The van der Waals surface area contributed by atoms with Crippen LogP contribution in [0, 0.1) is 6.92 Å². The molecule has 0 saturated heterocycles. The maximum absolute atomic E-state index is 12.5. The van der Waals surface area contributed by atoms with Crippen LogP contribution in [-0.4, -0.2) is 27.1 Å². The normalized spacial score (nSPS) is 11.7. The predicted octanol–water partition coefficient (Wildman–Crippen LogP) is 6.39. The van der Waals surface area contributed by atoms with E-state index in [1.807, 2.05) is 30.5 Å². The Morgan fingerprint density at radius 2 is 1.97 bits per heavy atom. The summed E-state index contributed by atoms with van der Waals surface area (Å²) in [5.74, 6) is 0.559. The lowest BCUT2D eigenvalue weighted by molar-refractivity contribution is -0.118. The van der Waals surface area contributed by atoms with E-state index in [1.54, 1.807) is 16.6 Å². The molecule has 0 fully saturated rings. The molecule has 0 radical (unpaired) electrons. The molecule has 0 unspecified atom stereocenters. The van der Waals surface area contributed by atoms with Gasteiger partial charge in [-0.2, -0.15) is 4.98 Å². The Morgan fingerprint density at radius 3 is 2.69 bits per heavy atom. The van der Waals surface area contributed by atoms with Gasteiger partial charge >= 0.3 is 0 Å². The highest BCUT2D eigenvalue weighted by Gasteiger charge is 2.20. The van der Waals surface area contributed by atoms with Gasteiger partial charge in [0.25, 0.3) is 11.9 Å². The molecule has 6 nitrogen and oxygen atoms in total. The van der Waals surface area contributed by atoms with Gasteiger partial charge in [0.05, 0.1) is 10.7 Å². The molecule has 1 amide bonds. The first-order valence-corrected chi connectivity index (χ1v) is 11.6. The highest BCUT2D eigenvalue weighted by molar-refractivity contribution is 7.15. The van der Waals surface area contributed by atoms with Gasteiger partial charge in [0, 0.05) is 16.0 Å². The number of rotatable bonds is 5. The zero-order chi connectivity index (χ0) is 23.0. The van der Waals surface area contributed by atoms with Crippen molar-refractivity contribution >= 4 is 51.4 Å². The van der Waals surface area contributed by atoms with Crippen molar-refractivity contribution in [2.45, 2.75) is 33.1 Å². The molecule has 9 heteroatoms. The van der Waals surface area contributed by atoms with Gasteiger partial charge in [-0.3, -0.25) is 10.1 Å². The summed E-state index contributed by atoms with van der Waals surface area (Å²) in [7, 11) is 0. The van der Waals surface area contributed by atoms with Crippen LogP contribution in [0.5, 0.6) is 5.75 Å². The van der Waals surface area contributed by atoms with Gasteiger partial charge in [-0.1, -0.05) is 61.7 Å². The van der Waals surface area contributed by atoms with Gasteiger partial charge in [-0.15, -0.1) is 16.4 Å². The zero-order valence-corrected chi connectivity index (χ0v) is 20.4. The smallest absolute Gasteiger partial charge is 0.264 e. The largest absolute Gasteiger partial charge is 0.483 e. The number of benzene rings is 2. The van der Waals surface area contributed by atoms with Crippen LogP contribution in [0.1, 0.15) is 31.9 Å². The van der Waals surface area contributed by atoms with Gasteiger partial charge < -0.3 is 4.74 Å². The summed E-state index contributed by atoms with van der Waals surface area (Å²) in [5.41, 5.74) is 3.64. The molecular formula is C23H22Cl2N4O2S. The first-order valence-electron chi connectivity index (χ1n) is 9.95. The van der Waals surface area contributed by atoms with Crippen LogP contribution in [-0.2, 0) is 10.2 Å². The van der Waals surface area contributed by atoms with Crippen molar-refractivity contribution in [3.63, 3.8) is 0 Å². The molecule has 4 rings (SSSR count). The Hall–Kier alpha value is -2.61. The second kappa shape index (κ2) is 8.73. The molecule has 2 aromatic heterocycles. The van der Waals surface area contributed by atoms with Crippen LogP contribution in [0.25, 0.3) is 16.2 Å². The molecule has 0 saturated carbocycles. The fourth-order valence-electron chi connectivity index (χ4n) is 3.28. The Morgan fingerprint density at radius 1 is 1.19 bits per heavy atom. The number of carbonyl (C=O) groups excluding carboxylic acids is 1. The number of fused-ring (bicyclic) bond motifs is 1. The molecule has 0 aliphatic heterocycles. The van der Waals surface area contributed by atoms with Crippen molar-refractivity contribution in [3.05, 3.63) is 63.0 Å². The average Bonchev–Trinajstić information content (AvgIpc) is 3.27. The summed E-state index contributed by atoms with van der Waals surface area (Å²) in [6.45, 7) is 8.23. The summed E-state index contributed by atoms with van der Waals surface area (Å²) < 4.78 is 7.47. The van der Waals surface area contributed by atoms with E-state index in [9.17, 15) is 4.79 Å². The monoisotopic (exact) mass is 488 g/mol. The molecule has 1 N–H and O–H groups in total. The van der Waals surface area contributed by atoms with E-state index in [1.165, 1.54) is 11.3 Å². The topological polar surface area (TPSA) is 68.5 Å². The van der Waals surface area contributed by atoms with Crippen LogP contribution < -0.4 is 10.1 Å². The number of aromatic nitrogens is 3. The Balaban J connectivity index is 1.49. The maximum Gasteiger partial charge on any atom is 0.264 e. The second-order valence-corrected chi connectivity index (χ2v) is 10.1. The number of thiazole rings is 1. The molecule has 2 aromatic carbocycles. The average molecular weight is 489 g/mol. The molecule has 32 heavy (non-hydrogen) atoms. The third kappa shape index (κ3) is 4.75. The van der Waals surface area contributed by atoms with Crippen molar-refractivity contribution in [3.8, 4) is 17.0 Å². The number of carbonyl (C=O) groups is 1. The number of halogens is 2. The molecule has 0 spiro atoms. The minimum atomic E-state index is -0.338. The van der Waals surface area contributed by atoms with Crippen LogP contribution in [0.4, 0.5) is 5.95 Å². The van der Waals surface area contributed by atoms with Gasteiger partial charge in [-0.05, 0) is 42.2 Å². The number of anilines is 1. The predicted molar refractivity (Wildman–Crippen MR) is 130 cm³/mol. The molecule has 0 aliphatic rings. The lowest BCUT2D eigenvalue weighted by atomic mass is 9.85. The lowest BCUT2D eigenvalue weighted by Crippen LogP contribution is -2.22. The third-order valence-electron chi connectivity index (χ3n) is 4.84. The summed E-state index contributed by atoms with van der Waals surface area (Å²) in [4.78, 5) is 17.5. The number of hydrogen-bond acceptors (Lipinski definition) is 5. The number of nitrogens with zero attached hydrogens (tertiary/aromatic N) is 3. The standard InChI is InChI=1S/C23H22Cl2N4O2S/c1-13-5-8-19(16(9-13)23(2,3)4)31-11-20(30)26-21-27-22-29(28-21)18(12-32-22)15-7-6-14(24)10-17(15)25/h5-10,12H,11H2,1-4H3,(H,26,28,30). The molecule has 0 atom stereocenters. The van der Waals surface area contributed by atoms with Gasteiger partial charge in [0.1, 0.15) is 5.75 Å². The van der Waals surface area contributed by atoms with Gasteiger partial charge in [-0.25, -0.2) is 4.52 Å². The number of nitrogens with one attached hydrogen (secondary N) is 1. The number of hydrogen-bond donors (Lipinski definition) is 1. The van der Waals surface area contributed by atoms with Crippen molar-refractivity contribution in [1.29, 1.82) is 0 Å².